The lowest BCUT2D eigenvalue weighted by atomic mass is 10.0. The van der Waals surface area contributed by atoms with Crippen molar-refractivity contribution in [1.82, 2.24) is 16.0 Å². The van der Waals surface area contributed by atoms with Crippen LogP contribution in [0.4, 0.5) is 0 Å². The van der Waals surface area contributed by atoms with E-state index >= 15 is 0 Å². The van der Waals surface area contributed by atoms with Crippen LogP contribution in [-0.2, 0) is 24.0 Å². The molecule has 0 aliphatic rings. The number of primary amides is 1. The molecular formula is C18H33N5O7. The molecule has 5 atom stereocenters. The third-order valence-corrected chi connectivity index (χ3v) is 4.11. The lowest BCUT2D eigenvalue weighted by Crippen LogP contribution is -2.59. The maximum absolute atomic E-state index is 12.7. The highest BCUT2D eigenvalue weighted by molar-refractivity contribution is 5.94. The minimum absolute atomic E-state index is 0.0122. The van der Waals surface area contributed by atoms with Gasteiger partial charge in [0.05, 0.1) is 12.1 Å². The predicted octanol–water partition coefficient (Wildman–Crippen LogP) is -2.43. The van der Waals surface area contributed by atoms with E-state index < -0.39 is 59.9 Å². The fourth-order valence-electron chi connectivity index (χ4n) is 2.47. The fraction of sp³-hybridized carbons (Fsp3) is 0.722. The molecule has 0 aromatic heterocycles. The molecule has 12 heteroatoms. The summed E-state index contributed by atoms with van der Waals surface area (Å²) in [6.07, 6.45) is -1.65. The van der Waals surface area contributed by atoms with E-state index in [0.29, 0.717) is 0 Å². The number of hydrogen-bond donors (Lipinski definition) is 7. The average molecular weight is 431 g/mol. The number of carboxylic acid groups (broad SMARTS) is 1. The van der Waals surface area contributed by atoms with Crippen molar-refractivity contribution in [3.8, 4) is 0 Å². The SMILES string of the molecule is CC(C)CC(NC(=O)C(C)N)C(=O)NC(C(=O)NC(CCC(N)=O)C(=O)O)C(C)O. The number of carbonyl (C=O) groups is 5. The highest BCUT2D eigenvalue weighted by atomic mass is 16.4. The molecule has 0 fully saturated rings. The summed E-state index contributed by atoms with van der Waals surface area (Å²) in [5.74, 6) is -4.39. The maximum Gasteiger partial charge on any atom is 0.326 e. The summed E-state index contributed by atoms with van der Waals surface area (Å²) in [4.78, 5) is 59.2. The second-order valence-corrected chi connectivity index (χ2v) is 7.61. The van der Waals surface area contributed by atoms with Gasteiger partial charge in [0, 0.05) is 6.42 Å². The van der Waals surface area contributed by atoms with Crippen molar-refractivity contribution in [1.29, 1.82) is 0 Å². The molecule has 0 aromatic rings. The Kier molecular flexibility index (Phi) is 11.6. The molecule has 9 N–H and O–H groups in total. The van der Waals surface area contributed by atoms with Crippen molar-refractivity contribution in [2.45, 2.75) is 77.2 Å². The van der Waals surface area contributed by atoms with Crippen molar-refractivity contribution >= 4 is 29.6 Å². The van der Waals surface area contributed by atoms with E-state index in [1.807, 2.05) is 13.8 Å². The number of carboxylic acids is 1. The number of aliphatic carboxylic acids is 1. The van der Waals surface area contributed by atoms with E-state index in [2.05, 4.69) is 16.0 Å². The first-order chi connectivity index (χ1) is 13.8. The third kappa shape index (κ3) is 10.2. The quantitative estimate of drug-likeness (QED) is 0.166. The first kappa shape index (κ1) is 27.3. The summed E-state index contributed by atoms with van der Waals surface area (Å²) in [5, 5.41) is 26.1. The smallest absolute Gasteiger partial charge is 0.326 e. The lowest BCUT2D eigenvalue weighted by Gasteiger charge is -2.27. The molecule has 0 saturated carbocycles. The molecule has 0 bridgehead atoms. The van der Waals surface area contributed by atoms with Gasteiger partial charge in [-0.1, -0.05) is 13.8 Å². The van der Waals surface area contributed by atoms with Gasteiger partial charge < -0.3 is 37.6 Å². The molecule has 0 aromatic carbocycles. The van der Waals surface area contributed by atoms with E-state index in [0.717, 1.165) is 0 Å². The molecule has 30 heavy (non-hydrogen) atoms. The highest BCUT2D eigenvalue weighted by Gasteiger charge is 2.32. The molecule has 5 unspecified atom stereocenters. The maximum atomic E-state index is 12.7. The van der Waals surface area contributed by atoms with E-state index in [9.17, 15) is 34.2 Å². The van der Waals surface area contributed by atoms with Gasteiger partial charge >= 0.3 is 5.97 Å². The molecule has 172 valence electrons. The topological polar surface area (TPSA) is 214 Å². The molecule has 4 amide bonds. The van der Waals surface area contributed by atoms with Crippen LogP contribution in [0.5, 0.6) is 0 Å². The van der Waals surface area contributed by atoms with Gasteiger partial charge in [0.2, 0.25) is 23.6 Å². The zero-order valence-electron chi connectivity index (χ0n) is 17.7. The Balaban J connectivity index is 5.34. The summed E-state index contributed by atoms with van der Waals surface area (Å²) < 4.78 is 0. The summed E-state index contributed by atoms with van der Waals surface area (Å²) in [5.41, 5.74) is 10.5. The van der Waals surface area contributed by atoms with Crippen LogP contribution in [0.15, 0.2) is 0 Å². The Morgan fingerprint density at radius 2 is 1.40 bits per heavy atom. The van der Waals surface area contributed by atoms with E-state index in [-0.39, 0.29) is 25.2 Å². The number of carbonyl (C=O) groups excluding carboxylic acids is 4. The standard InChI is InChI=1S/C18H33N5O7/c1-8(2)7-12(22-15(26)9(3)19)16(27)23-14(10(4)24)17(28)21-11(18(29)30)5-6-13(20)25/h8-12,14,24H,5-7,19H2,1-4H3,(H2,20,25)(H,21,28)(H,22,26)(H,23,27)(H,29,30). The van der Waals surface area contributed by atoms with Crippen LogP contribution in [0.3, 0.4) is 0 Å². The van der Waals surface area contributed by atoms with Crippen LogP contribution in [0.25, 0.3) is 0 Å². The normalized spacial score (nSPS) is 16.0. The summed E-state index contributed by atoms with van der Waals surface area (Å²) in [7, 11) is 0. The molecule has 0 aliphatic heterocycles. The van der Waals surface area contributed by atoms with Crippen LogP contribution >= 0.6 is 0 Å². The van der Waals surface area contributed by atoms with Crippen LogP contribution in [0, 0.1) is 5.92 Å². The third-order valence-electron chi connectivity index (χ3n) is 4.11. The van der Waals surface area contributed by atoms with Gasteiger partial charge in [-0.15, -0.1) is 0 Å². The second kappa shape index (κ2) is 12.8. The minimum Gasteiger partial charge on any atom is -0.480 e. The van der Waals surface area contributed by atoms with E-state index in [1.54, 1.807) is 0 Å². The van der Waals surface area contributed by atoms with Gasteiger partial charge in [-0.25, -0.2) is 4.79 Å². The number of aliphatic hydroxyl groups excluding tert-OH is 1. The number of nitrogens with two attached hydrogens (primary N) is 2. The Labute approximate surface area is 175 Å². The number of rotatable bonds is 13. The Hall–Kier alpha value is -2.73. The zero-order chi connectivity index (χ0) is 23.6. The molecule has 0 rings (SSSR count). The number of hydrogen-bond acceptors (Lipinski definition) is 7. The number of nitrogens with one attached hydrogen (secondary N) is 3. The second-order valence-electron chi connectivity index (χ2n) is 7.61. The first-order valence-electron chi connectivity index (χ1n) is 9.62. The molecule has 0 saturated heterocycles. The molecule has 0 radical (unpaired) electrons. The highest BCUT2D eigenvalue weighted by Crippen LogP contribution is 2.07. The zero-order valence-corrected chi connectivity index (χ0v) is 17.7. The van der Waals surface area contributed by atoms with Crippen molar-refractivity contribution < 1.29 is 34.2 Å². The summed E-state index contributed by atoms with van der Waals surface area (Å²) >= 11 is 0. The monoisotopic (exact) mass is 431 g/mol. The largest absolute Gasteiger partial charge is 0.480 e. The number of aliphatic hydroxyl groups is 1. The molecular weight excluding hydrogens is 398 g/mol. The average Bonchev–Trinajstić information content (AvgIpc) is 2.60. The van der Waals surface area contributed by atoms with Crippen LogP contribution in [0.1, 0.15) is 47.0 Å². The van der Waals surface area contributed by atoms with Gasteiger partial charge in [-0.2, -0.15) is 0 Å². The predicted molar refractivity (Wildman–Crippen MR) is 107 cm³/mol. The van der Waals surface area contributed by atoms with E-state index in [1.165, 1.54) is 13.8 Å². The van der Waals surface area contributed by atoms with Gasteiger partial charge in [-0.3, -0.25) is 19.2 Å². The summed E-state index contributed by atoms with van der Waals surface area (Å²) in [6, 6.07) is -4.80. The first-order valence-corrected chi connectivity index (χ1v) is 9.62. The lowest BCUT2D eigenvalue weighted by molar-refractivity contribution is -0.143. The Morgan fingerprint density at radius 1 is 0.867 bits per heavy atom. The van der Waals surface area contributed by atoms with Crippen LogP contribution in [-0.4, -0.2) is 70.1 Å². The minimum atomic E-state index is -1.49. The number of amides is 4. The van der Waals surface area contributed by atoms with Crippen molar-refractivity contribution in [2.24, 2.45) is 17.4 Å². The Bertz CT molecular complexity index is 636. The molecule has 0 heterocycles. The van der Waals surface area contributed by atoms with Crippen LogP contribution < -0.4 is 27.4 Å². The van der Waals surface area contributed by atoms with Crippen molar-refractivity contribution in [3.05, 3.63) is 0 Å². The Morgan fingerprint density at radius 3 is 1.80 bits per heavy atom. The van der Waals surface area contributed by atoms with Crippen molar-refractivity contribution in [2.75, 3.05) is 0 Å². The van der Waals surface area contributed by atoms with Gasteiger partial charge in [0.1, 0.15) is 18.1 Å². The fourth-order valence-corrected chi connectivity index (χ4v) is 2.47. The van der Waals surface area contributed by atoms with Crippen molar-refractivity contribution in [3.63, 3.8) is 0 Å². The van der Waals surface area contributed by atoms with E-state index in [4.69, 9.17) is 11.5 Å². The van der Waals surface area contributed by atoms with Gasteiger partial charge in [0.15, 0.2) is 0 Å². The van der Waals surface area contributed by atoms with Crippen LogP contribution in [0.2, 0.25) is 0 Å². The van der Waals surface area contributed by atoms with Gasteiger partial charge in [0.25, 0.3) is 0 Å². The molecule has 0 aliphatic carbocycles. The summed E-state index contributed by atoms with van der Waals surface area (Å²) in [6.45, 7) is 6.34. The molecule has 0 spiro atoms. The molecule has 12 nitrogen and oxygen atoms in total. The van der Waals surface area contributed by atoms with Gasteiger partial charge in [-0.05, 0) is 32.6 Å².